The molecule has 0 amide bonds. The molecule has 0 aliphatic carbocycles. The molecule has 6 nitrogen and oxygen atoms in total. The van der Waals surface area contributed by atoms with E-state index in [1.54, 1.807) is 0 Å². The summed E-state index contributed by atoms with van der Waals surface area (Å²) in [6.45, 7) is 14.7. The Balaban J connectivity index is -0.000000801. The Bertz CT molecular complexity index is 579. The molecule has 0 heterocycles. The van der Waals surface area contributed by atoms with Gasteiger partial charge in [0.2, 0.25) is 0 Å². The standard InChI is InChI=1S/2C22H47N.C4H6O4/c2*1-3-5-7-9-11-13-15-17-19-21-23-22-20-18-16-14-12-10-8-6-4-2;5-3(6)1-2-4(7)8/h2*23H,3-22H2,1-2H3;1-2H2,(H,5,6)(H,7,8). The number of carboxylic acids is 2. The lowest BCUT2D eigenvalue weighted by Crippen LogP contribution is -2.84. The van der Waals surface area contributed by atoms with Gasteiger partial charge in [-0.15, -0.1) is 0 Å². The third kappa shape index (κ3) is 65.7. The van der Waals surface area contributed by atoms with Crippen LogP contribution in [0, 0.1) is 0 Å². The molecule has 0 unspecified atom stereocenters. The second-order valence-corrected chi connectivity index (χ2v) is 16.3. The highest BCUT2D eigenvalue weighted by Crippen LogP contribution is 2.12. The van der Waals surface area contributed by atoms with Crippen molar-refractivity contribution >= 4 is 11.9 Å². The van der Waals surface area contributed by atoms with Crippen molar-refractivity contribution in [1.29, 1.82) is 0 Å². The Hall–Kier alpha value is -1.14. The monoisotopic (exact) mass is 769 g/mol. The van der Waals surface area contributed by atoms with Gasteiger partial charge < -0.3 is 30.4 Å². The molecule has 0 saturated carbocycles. The molecule has 0 aromatic heterocycles. The van der Waals surface area contributed by atoms with Crippen molar-refractivity contribution in [3.8, 4) is 0 Å². The van der Waals surface area contributed by atoms with E-state index >= 15 is 0 Å². The number of hydrogen-bond donors (Lipinski definition) is 2. The number of nitrogens with two attached hydrogens (primary N) is 2. The summed E-state index contributed by atoms with van der Waals surface area (Å²) in [6, 6.07) is 0. The lowest BCUT2D eigenvalue weighted by molar-refractivity contribution is -0.655. The molecule has 54 heavy (non-hydrogen) atoms. The fourth-order valence-corrected chi connectivity index (χ4v) is 6.89. The smallest absolute Gasteiger partial charge is 0.0755 e. The van der Waals surface area contributed by atoms with E-state index in [1.807, 2.05) is 0 Å². The number of unbranched alkanes of at least 4 members (excludes halogenated alkanes) is 32. The van der Waals surface area contributed by atoms with Crippen LogP contribution in [-0.4, -0.2) is 38.1 Å². The molecule has 0 spiro atoms. The van der Waals surface area contributed by atoms with Crippen molar-refractivity contribution in [3.63, 3.8) is 0 Å². The first-order chi connectivity index (χ1) is 26.5. The van der Waals surface area contributed by atoms with E-state index in [9.17, 15) is 19.8 Å². The van der Waals surface area contributed by atoms with Crippen LogP contribution in [-0.2, 0) is 9.59 Å². The van der Waals surface area contributed by atoms with Crippen molar-refractivity contribution < 1.29 is 30.4 Å². The fraction of sp³-hybridized carbons (Fsp3) is 0.958. The van der Waals surface area contributed by atoms with E-state index in [-0.39, 0.29) is 0 Å². The predicted molar refractivity (Wildman–Crippen MR) is 231 cm³/mol. The topological polar surface area (TPSA) is 113 Å². The zero-order chi connectivity index (χ0) is 40.3. The number of carboxylic acid groups (broad SMARTS) is 2. The van der Waals surface area contributed by atoms with Gasteiger partial charge in [-0.25, -0.2) is 0 Å². The van der Waals surface area contributed by atoms with Crippen molar-refractivity contribution in [3.05, 3.63) is 0 Å². The fourth-order valence-electron chi connectivity index (χ4n) is 6.89. The molecule has 0 bridgehead atoms. The third-order valence-electron chi connectivity index (χ3n) is 10.6. The summed E-state index contributed by atoms with van der Waals surface area (Å²) in [5.41, 5.74) is 0. The maximum absolute atomic E-state index is 9.50. The van der Waals surface area contributed by atoms with Gasteiger partial charge in [-0.2, -0.15) is 0 Å². The number of hydrogen-bond acceptors (Lipinski definition) is 4. The Labute approximate surface area is 339 Å². The number of carbonyl (C=O) groups excluding carboxylic acids is 2. The van der Waals surface area contributed by atoms with Crippen molar-refractivity contribution in [2.75, 3.05) is 26.2 Å². The van der Waals surface area contributed by atoms with E-state index in [1.165, 1.54) is 257 Å². The van der Waals surface area contributed by atoms with Crippen LogP contribution in [0.25, 0.3) is 0 Å². The van der Waals surface area contributed by atoms with Gasteiger partial charge >= 0.3 is 0 Å². The lowest BCUT2D eigenvalue weighted by Gasteiger charge is -2.03. The first-order valence-corrected chi connectivity index (χ1v) is 24.5. The zero-order valence-corrected chi connectivity index (χ0v) is 37.5. The maximum atomic E-state index is 9.50. The van der Waals surface area contributed by atoms with Crippen molar-refractivity contribution in [2.45, 2.75) is 272 Å². The van der Waals surface area contributed by atoms with Crippen LogP contribution >= 0.6 is 0 Å². The summed E-state index contributed by atoms with van der Waals surface area (Å²) in [5, 5.41) is 24.1. The van der Waals surface area contributed by atoms with Crippen LogP contribution in [0.15, 0.2) is 0 Å². The minimum absolute atomic E-state index is 0.470. The highest BCUT2D eigenvalue weighted by molar-refractivity contribution is 5.72. The van der Waals surface area contributed by atoms with Gasteiger partial charge in [-0.3, -0.25) is 0 Å². The molecule has 326 valence electrons. The van der Waals surface area contributed by atoms with Crippen molar-refractivity contribution in [1.82, 2.24) is 0 Å². The normalized spacial score (nSPS) is 10.8. The molecular weight excluding hydrogens is 669 g/mol. The van der Waals surface area contributed by atoms with E-state index in [0.29, 0.717) is 0 Å². The Morgan fingerprint density at radius 1 is 0.278 bits per heavy atom. The van der Waals surface area contributed by atoms with Crippen LogP contribution in [0.3, 0.4) is 0 Å². The summed E-state index contributed by atoms with van der Waals surface area (Å²) in [5.74, 6) is -2.73. The van der Waals surface area contributed by atoms with Crippen LogP contribution in [0.1, 0.15) is 272 Å². The lowest BCUT2D eigenvalue weighted by atomic mass is 10.1. The average molecular weight is 769 g/mol. The SMILES string of the molecule is CCCCCCCCCCC[NH2+]CCCCCCCCCCC.CCCCCCCCCCC[NH2+]CCCCCCCCCCC.O=C([O-])CCC(=O)[O-]. The number of quaternary nitrogens is 2. The summed E-state index contributed by atoms with van der Waals surface area (Å²) in [7, 11) is 0. The second kappa shape index (κ2) is 56.2. The summed E-state index contributed by atoms with van der Waals surface area (Å²) < 4.78 is 0. The van der Waals surface area contributed by atoms with E-state index in [2.05, 4.69) is 38.3 Å². The molecule has 0 rings (SSSR count). The summed E-state index contributed by atoms with van der Waals surface area (Å²) in [4.78, 5) is 19.0. The third-order valence-corrected chi connectivity index (χ3v) is 10.6. The van der Waals surface area contributed by atoms with Gasteiger partial charge in [0.05, 0.1) is 26.2 Å². The highest BCUT2D eigenvalue weighted by atomic mass is 16.4. The van der Waals surface area contributed by atoms with E-state index in [4.69, 9.17) is 0 Å². The molecule has 0 fully saturated rings. The van der Waals surface area contributed by atoms with Crippen LogP contribution < -0.4 is 20.8 Å². The molecular formula is C48H100N2O4. The predicted octanol–water partition coefficient (Wildman–Crippen LogP) is 10.5. The van der Waals surface area contributed by atoms with Crippen molar-refractivity contribution in [2.24, 2.45) is 0 Å². The summed E-state index contributed by atoms with van der Waals surface area (Å²) >= 11 is 0. The highest BCUT2D eigenvalue weighted by Gasteiger charge is 1.98. The minimum atomic E-state index is -1.37. The van der Waals surface area contributed by atoms with Gasteiger partial charge in [0.15, 0.2) is 0 Å². The van der Waals surface area contributed by atoms with Gasteiger partial charge in [0.1, 0.15) is 0 Å². The Morgan fingerprint density at radius 2 is 0.426 bits per heavy atom. The number of rotatable bonds is 43. The first-order valence-electron chi connectivity index (χ1n) is 24.5. The number of carbonyl (C=O) groups is 2. The largest absolute Gasteiger partial charge is 0.550 e. The van der Waals surface area contributed by atoms with Gasteiger partial charge in [0.25, 0.3) is 0 Å². The van der Waals surface area contributed by atoms with Crippen LogP contribution in [0.5, 0.6) is 0 Å². The first kappa shape index (κ1) is 57.2. The quantitative estimate of drug-likeness (QED) is 0.0601. The van der Waals surface area contributed by atoms with E-state index in [0.717, 1.165) is 0 Å². The zero-order valence-electron chi connectivity index (χ0n) is 37.5. The second-order valence-electron chi connectivity index (χ2n) is 16.3. The maximum Gasteiger partial charge on any atom is 0.0755 e. The molecule has 0 aromatic rings. The average Bonchev–Trinajstić information content (AvgIpc) is 3.16. The molecule has 0 aliphatic rings. The van der Waals surface area contributed by atoms with Gasteiger partial charge in [-0.05, 0) is 64.2 Å². The van der Waals surface area contributed by atoms with Crippen LogP contribution in [0.4, 0.5) is 0 Å². The molecule has 0 saturated heterocycles. The molecule has 0 aromatic carbocycles. The molecule has 0 atom stereocenters. The van der Waals surface area contributed by atoms with Crippen LogP contribution in [0.2, 0.25) is 0 Å². The van der Waals surface area contributed by atoms with E-state index < -0.39 is 24.8 Å². The molecule has 6 heteroatoms. The minimum Gasteiger partial charge on any atom is -0.550 e. The number of aliphatic carboxylic acids is 2. The Kier molecular flexibility index (Phi) is 59.5. The molecule has 4 N–H and O–H groups in total. The Morgan fingerprint density at radius 3 is 0.574 bits per heavy atom. The summed E-state index contributed by atoms with van der Waals surface area (Å²) in [6.07, 6.45) is 51.3. The van der Waals surface area contributed by atoms with Gasteiger partial charge in [0, 0.05) is 11.9 Å². The van der Waals surface area contributed by atoms with Gasteiger partial charge in [-0.1, -0.05) is 207 Å². The molecule has 0 aliphatic heterocycles. The molecule has 0 radical (unpaired) electrons.